The first kappa shape index (κ1) is 13.8. The second-order valence-corrected chi connectivity index (χ2v) is 4.84. The molecule has 0 spiro atoms. The molecule has 0 atom stereocenters. The SMILES string of the molecule is CCCCCOC(=O)Nc1ncnn2c(Br)ccc12. The highest BCUT2D eigenvalue weighted by Crippen LogP contribution is 2.19. The van der Waals surface area contributed by atoms with Gasteiger partial charge in [-0.1, -0.05) is 19.8 Å². The molecule has 0 saturated carbocycles. The van der Waals surface area contributed by atoms with Crippen molar-refractivity contribution in [2.24, 2.45) is 0 Å². The maximum Gasteiger partial charge on any atom is 0.412 e. The van der Waals surface area contributed by atoms with Crippen LogP contribution in [0.15, 0.2) is 23.1 Å². The average Bonchev–Trinajstić information content (AvgIpc) is 2.78. The Labute approximate surface area is 119 Å². The van der Waals surface area contributed by atoms with Crippen LogP contribution in [-0.4, -0.2) is 27.3 Å². The third kappa shape index (κ3) is 3.44. The van der Waals surface area contributed by atoms with Gasteiger partial charge in [0.05, 0.1) is 6.61 Å². The average molecular weight is 327 g/mol. The summed E-state index contributed by atoms with van der Waals surface area (Å²) in [5.74, 6) is 0.432. The van der Waals surface area contributed by atoms with Crippen molar-refractivity contribution in [1.82, 2.24) is 14.6 Å². The van der Waals surface area contributed by atoms with Gasteiger partial charge in [-0.3, -0.25) is 5.32 Å². The van der Waals surface area contributed by atoms with Gasteiger partial charge in [0.2, 0.25) is 0 Å². The maximum atomic E-state index is 11.6. The molecule has 2 aromatic rings. The minimum Gasteiger partial charge on any atom is -0.449 e. The maximum absolute atomic E-state index is 11.6. The summed E-state index contributed by atoms with van der Waals surface area (Å²) < 4.78 is 7.51. The number of nitrogens with zero attached hydrogens (tertiary/aromatic N) is 3. The molecule has 0 fully saturated rings. The van der Waals surface area contributed by atoms with E-state index in [1.165, 1.54) is 6.33 Å². The highest BCUT2D eigenvalue weighted by molar-refractivity contribution is 9.10. The summed E-state index contributed by atoms with van der Waals surface area (Å²) in [6.45, 7) is 2.52. The summed E-state index contributed by atoms with van der Waals surface area (Å²) in [5, 5.41) is 6.68. The summed E-state index contributed by atoms with van der Waals surface area (Å²) >= 11 is 3.36. The highest BCUT2D eigenvalue weighted by atomic mass is 79.9. The predicted molar refractivity (Wildman–Crippen MR) is 75.2 cm³/mol. The summed E-state index contributed by atoms with van der Waals surface area (Å²) in [7, 11) is 0. The van der Waals surface area contributed by atoms with E-state index in [9.17, 15) is 4.79 Å². The molecular weight excluding hydrogens is 312 g/mol. The number of carbonyl (C=O) groups is 1. The summed E-state index contributed by atoms with van der Waals surface area (Å²) in [6, 6.07) is 3.65. The molecule has 0 aliphatic rings. The first-order valence-electron chi connectivity index (χ1n) is 6.14. The van der Waals surface area contributed by atoms with Crippen LogP contribution in [0.25, 0.3) is 5.52 Å². The number of aromatic nitrogens is 3. The van der Waals surface area contributed by atoms with Gasteiger partial charge in [0.25, 0.3) is 0 Å². The minimum atomic E-state index is -0.492. The van der Waals surface area contributed by atoms with Crippen molar-refractivity contribution < 1.29 is 9.53 Å². The number of rotatable bonds is 5. The number of carbonyl (C=O) groups excluding carboxylic acids is 1. The van der Waals surface area contributed by atoms with E-state index in [0.29, 0.717) is 17.9 Å². The topological polar surface area (TPSA) is 68.5 Å². The molecule has 0 radical (unpaired) electrons. The quantitative estimate of drug-likeness (QED) is 0.856. The summed E-state index contributed by atoms with van der Waals surface area (Å²) in [5.41, 5.74) is 0.708. The fourth-order valence-corrected chi connectivity index (χ4v) is 2.06. The number of ether oxygens (including phenoxy) is 1. The van der Waals surface area contributed by atoms with Gasteiger partial charge in [-0.15, -0.1) is 0 Å². The van der Waals surface area contributed by atoms with E-state index in [0.717, 1.165) is 23.9 Å². The monoisotopic (exact) mass is 326 g/mol. The van der Waals surface area contributed by atoms with Crippen molar-refractivity contribution in [3.63, 3.8) is 0 Å². The normalized spacial score (nSPS) is 10.6. The van der Waals surface area contributed by atoms with Crippen LogP contribution in [0.5, 0.6) is 0 Å². The van der Waals surface area contributed by atoms with Crippen molar-refractivity contribution >= 4 is 33.4 Å². The van der Waals surface area contributed by atoms with Crippen LogP contribution < -0.4 is 5.32 Å². The standard InChI is InChI=1S/C12H15BrN4O2/c1-2-3-4-7-19-12(18)16-11-9-5-6-10(13)17(9)15-8-14-11/h5-6,8H,2-4,7H2,1H3,(H,14,15,16,18). The van der Waals surface area contributed by atoms with Crippen molar-refractivity contribution in [2.45, 2.75) is 26.2 Å². The van der Waals surface area contributed by atoms with Crippen molar-refractivity contribution in [3.8, 4) is 0 Å². The van der Waals surface area contributed by atoms with Gasteiger partial charge >= 0.3 is 6.09 Å². The first-order valence-corrected chi connectivity index (χ1v) is 6.93. The van der Waals surface area contributed by atoms with Crippen LogP contribution in [0.4, 0.5) is 10.6 Å². The van der Waals surface area contributed by atoms with Crippen molar-refractivity contribution in [2.75, 3.05) is 11.9 Å². The number of hydrogen-bond donors (Lipinski definition) is 1. The van der Waals surface area contributed by atoms with E-state index in [1.807, 2.05) is 12.1 Å². The van der Waals surface area contributed by atoms with Crippen molar-refractivity contribution in [1.29, 1.82) is 0 Å². The molecule has 0 bridgehead atoms. The van der Waals surface area contributed by atoms with Gasteiger partial charge in [0.15, 0.2) is 5.82 Å². The van der Waals surface area contributed by atoms with Gasteiger partial charge in [0, 0.05) is 0 Å². The number of unbranched alkanes of at least 4 members (excludes halogenated alkanes) is 2. The molecule has 2 rings (SSSR count). The van der Waals surface area contributed by atoms with Gasteiger partial charge in [-0.2, -0.15) is 5.10 Å². The van der Waals surface area contributed by atoms with Crippen LogP contribution in [0.3, 0.4) is 0 Å². The lowest BCUT2D eigenvalue weighted by molar-refractivity contribution is 0.159. The third-order valence-electron chi connectivity index (χ3n) is 2.61. The Morgan fingerprint density at radius 2 is 2.32 bits per heavy atom. The Balaban J connectivity index is 1.99. The molecule has 19 heavy (non-hydrogen) atoms. The molecule has 7 heteroatoms. The van der Waals surface area contributed by atoms with Crippen LogP contribution in [-0.2, 0) is 4.74 Å². The number of hydrogen-bond acceptors (Lipinski definition) is 4. The Morgan fingerprint density at radius 3 is 3.11 bits per heavy atom. The minimum absolute atomic E-state index is 0.422. The molecule has 2 heterocycles. The van der Waals surface area contributed by atoms with E-state index < -0.39 is 6.09 Å². The van der Waals surface area contributed by atoms with Gasteiger partial charge < -0.3 is 4.74 Å². The van der Waals surface area contributed by atoms with E-state index in [4.69, 9.17) is 4.74 Å². The lowest BCUT2D eigenvalue weighted by Crippen LogP contribution is -2.16. The van der Waals surface area contributed by atoms with Crippen LogP contribution >= 0.6 is 15.9 Å². The molecule has 1 amide bonds. The highest BCUT2D eigenvalue weighted by Gasteiger charge is 2.10. The predicted octanol–water partition coefficient (Wildman–Crippen LogP) is 3.23. The number of fused-ring (bicyclic) bond motifs is 1. The number of halogens is 1. The second-order valence-electron chi connectivity index (χ2n) is 4.03. The molecule has 0 saturated heterocycles. The summed E-state index contributed by atoms with van der Waals surface area (Å²) in [4.78, 5) is 15.7. The van der Waals surface area contributed by atoms with E-state index >= 15 is 0 Å². The zero-order valence-electron chi connectivity index (χ0n) is 10.6. The lowest BCUT2D eigenvalue weighted by Gasteiger charge is -2.07. The molecule has 0 aliphatic carbocycles. The molecule has 1 N–H and O–H groups in total. The van der Waals surface area contributed by atoms with Gasteiger partial charge in [-0.25, -0.2) is 14.3 Å². The molecule has 0 unspecified atom stereocenters. The Hall–Kier alpha value is -1.63. The van der Waals surface area contributed by atoms with Crippen molar-refractivity contribution in [3.05, 3.63) is 23.1 Å². The molecule has 0 aromatic carbocycles. The zero-order valence-corrected chi connectivity index (χ0v) is 12.2. The van der Waals surface area contributed by atoms with Gasteiger partial charge in [-0.05, 0) is 34.5 Å². The van der Waals surface area contributed by atoms with Crippen LogP contribution in [0.2, 0.25) is 0 Å². The number of anilines is 1. The largest absolute Gasteiger partial charge is 0.449 e. The second kappa shape index (κ2) is 6.51. The lowest BCUT2D eigenvalue weighted by atomic mass is 10.3. The summed E-state index contributed by atoms with van der Waals surface area (Å²) in [6.07, 6.45) is 3.91. The Bertz CT molecular complexity index is 570. The van der Waals surface area contributed by atoms with Crippen LogP contribution in [0.1, 0.15) is 26.2 Å². The number of nitrogens with one attached hydrogen (secondary N) is 1. The zero-order chi connectivity index (χ0) is 13.7. The Morgan fingerprint density at radius 1 is 1.47 bits per heavy atom. The molecule has 6 nitrogen and oxygen atoms in total. The van der Waals surface area contributed by atoms with E-state index in [1.54, 1.807) is 4.52 Å². The Kier molecular flexibility index (Phi) is 4.73. The van der Waals surface area contributed by atoms with Gasteiger partial charge in [0.1, 0.15) is 16.4 Å². The fourth-order valence-electron chi connectivity index (χ4n) is 1.65. The first-order chi connectivity index (χ1) is 9.22. The smallest absolute Gasteiger partial charge is 0.412 e. The van der Waals surface area contributed by atoms with E-state index in [-0.39, 0.29) is 0 Å². The molecular formula is C12H15BrN4O2. The van der Waals surface area contributed by atoms with Crippen LogP contribution in [0, 0.1) is 0 Å². The van der Waals surface area contributed by atoms with E-state index in [2.05, 4.69) is 38.3 Å². The molecule has 0 aliphatic heterocycles. The molecule has 2 aromatic heterocycles. The third-order valence-corrected chi connectivity index (χ3v) is 3.21. The fraction of sp³-hybridized carbons (Fsp3) is 0.417. The molecule has 102 valence electrons. The number of amides is 1.